The van der Waals surface area contributed by atoms with Gasteiger partial charge in [0.05, 0.1) is 27.0 Å². The number of benzene rings is 2. The highest BCUT2D eigenvalue weighted by atomic mass is 35.5. The van der Waals surface area contributed by atoms with Gasteiger partial charge in [-0.1, -0.05) is 35.3 Å². The van der Waals surface area contributed by atoms with Crippen molar-refractivity contribution in [1.82, 2.24) is 0 Å². The summed E-state index contributed by atoms with van der Waals surface area (Å²) in [5, 5.41) is 3.44. The van der Waals surface area contributed by atoms with Crippen LogP contribution in [0.4, 0.5) is 17.1 Å². The lowest BCUT2D eigenvalue weighted by atomic mass is 10.1. The molecule has 21 heavy (non-hydrogen) atoms. The van der Waals surface area contributed by atoms with E-state index in [1.54, 1.807) is 12.1 Å². The van der Waals surface area contributed by atoms with Crippen LogP contribution >= 0.6 is 23.2 Å². The number of nitrogens with one attached hydrogen (secondary N) is 1. The van der Waals surface area contributed by atoms with E-state index < -0.39 is 0 Å². The van der Waals surface area contributed by atoms with E-state index in [1.165, 1.54) is 12.1 Å². The highest BCUT2D eigenvalue weighted by Crippen LogP contribution is 2.31. The summed E-state index contributed by atoms with van der Waals surface area (Å²) in [7, 11) is 3.75. The fourth-order valence-electron chi connectivity index (χ4n) is 1.92. The summed E-state index contributed by atoms with van der Waals surface area (Å²) in [5.74, 6) is -0.260. The van der Waals surface area contributed by atoms with Crippen molar-refractivity contribution in [3.63, 3.8) is 0 Å². The molecule has 0 atom stereocenters. The summed E-state index contributed by atoms with van der Waals surface area (Å²) in [6.07, 6.45) is 0. The van der Waals surface area contributed by atoms with Crippen molar-refractivity contribution >= 4 is 46.2 Å². The molecule has 2 rings (SSSR count). The standard InChI is InChI=1S/C15H15Cl2N3O/c1-20(2)14-6-4-3-5-9(14)15(21)19-13-8-11(17)10(16)7-12(13)18/h3-8H,18H2,1-2H3,(H,19,21). The quantitative estimate of drug-likeness (QED) is 0.842. The van der Waals surface area contributed by atoms with Crippen LogP contribution in [0.5, 0.6) is 0 Å². The SMILES string of the molecule is CN(C)c1ccccc1C(=O)Nc1cc(Cl)c(Cl)cc1N. The Hall–Kier alpha value is -1.91. The Morgan fingerprint density at radius 3 is 2.43 bits per heavy atom. The predicted octanol–water partition coefficient (Wildman–Crippen LogP) is 3.89. The molecular weight excluding hydrogens is 309 g/mol. The maximum Gasteiger partial charge on any atom is 0.257 e. The first-order chi connectivity index (χ1) is 9.90. The lowest BCUT2D eigenvalue weighted by molar-refractivity contribution is 0.102. The van der Waals surface area contributed by atoms with Gasteiger partial charge in [-0.25, -0.2) is 0 Å². The first-order valence-electron chi connectivity index (χ1n) is 6.22. The van der Waals surface area contributed by atoms with E-state index in [1.807, 2.05) is 31.1 Å². The summed E-state index contributed by atoms with van der Waals surface area (Å²) >= 11 is 11.8. The molecule has 110 valence electrons. The molecule has 0 saturated heterocycles. The van der Waals surface area contributed by atoms with Gasteiger partial charge < -0.3 is 16.0 Å². The van der Waals surface area contributed by atoms with Crippen LogP contribution in [0.15, 0.2) is 36.4 Å². The molecular formula is C15H15Cl2N3O. The molecule has 0 fully saturated rings. The van der Waals surface area contributed by atoms with Gasteiger partial charge >= 0.3 is 0 Å². The van der Waals surface area contributed by atoms with Gasteiger partial charge in [-0.3, -0.25) is 4.79 Å². The van der Waals surface area contributed by atoms with E-state index in [0.29, 0.717) is 27.0 Å². The number of rotatable bonds is 3. The molecule has 0 spiro atoms. The number of amides is 1. The first kappa shape index (κ1) is 15.5. The third kappa shape index (κ3) is 3.40. The van der Waals surface area contributed by atoms with Crippen molar-refractivity contribution in [3.05, 3.63) is 52.0 Å². The average molecular weight is 324 g/mol. The van der Waals surface area contributed by atoms with E-state index in [0.717, 1.165) is 5.69 Å². The largest absolute Gasteiger partial charge is 0.397 e. The molecule has 3 N–H and O–H groups in total. The Kier molecular flexibility index (Phi) is 4.60. The minimum Gasteiger partial charge on any atom is -0.397 e. The number of carbonyl (C=O) groups is 1. The van der Waals surface area contributed by atoms with E-state index in [2.05, 4.69) is 5.32 Å². The third-order valence-corrected chi connectivity index (χ3v) is 3.69. The molecule has 0 aliphatic rings. The Morgan fingerprint density at radius 1 is 1.14 bits per heavy atom. The lowest BCUT2D eigenvalue weighted by Crippen LogP contribution is -2.19. The topological polar surface area (TPSA) is 58.4 Å². The van der Waals surface area contributed by atoms with Gasteiger partial charge in [0, 0.05) is 19.8 Å². The summed E-state index contributed by atoms with van der Waals surface area (Å²) in [6.45, 7) is 0. The number of hydrogen-bond donors (Lipinski definition) is 2. The minimum absolute atomic E-state index is 0.260. The highest BCUT2D eigenvalue weighted by Gasteiger charge is 2.14. The monoisotopic (exact) mass is 323 g/mol. The lowest BCUT2D eigenvalue weighted by Gasteiger charge is -2.17. The van der Waals surface area contributed by atoms with Crippen LogP contribution in [-0.4, -0.2) is 20.0 Å². The summed E-state index contributed by atoms with van der Waals surface area (Å²) in [5.41, 5.74) is 8.00. The average Bonchev–Trinajstić information content (AvgIpc) is 2.44. The zero-order valence-corrected chi connectivity index (χ0v) is 13.2. The fourth-order valence-corrected chi connectivity index (χ4v) is 2.25. The molecule has 1 amide bonds. The van der Waals surface area contributed by atoms with Crippen molar-refractivity contribution in [2.24, 2.45) is 0 Å². The number of nitrogens with two attached hydrogens (primary N) is 1. The molecule has 0 aliphatic carbocycles. The first-order valence-corrected chi connectivity index (χ1v) is 6.98. The minimum atomic E-state index is -0.260. The van der Waals surface area contributed by atoms with Gasteiger partial charge in [-0.2, -0.15) is 0 Å². The molecule has 0 unspecified atom stereocenters. The van der Waals surface area contributed by atoms with E-state index in [4.69, 9.17) is 28.9 Å². The van der Waals surface area contributed by atoms with Crippen LogP contribution in [0.3, 0.4) is 0 Å². The number of halogens is 2. The Morgan fingerprint density at radius 2 is 1.76 bits per heavy atom. The molecule has 6 heteroatoms. The number of anilines is 3. The second-order valence-corrected chi connectivity index (χ2v) is 5.53. The molecule has 0 heterocycles. The van der Waals surface area contributed by atoms with Crippen LogP contribution in [0.2, 0.25) is 10.0 Å². The number of nitrogen functional groups attached to an aromatic ring is 1. The molecule has 4 nitrogen and oxygen atoms in total. The molecule has 2 aromatic rings. The van der Waals surface area contributed by atoms with Crippen molar-refractivity contribution in [2.75, 3.05) is 30.0 Å². The highest BCUT2D eigenvalue weighted by molar-refractivity contribution is 6.42. The third-order valence-electron chi connectivity index (χ3n) is 2.97. The van der Waals surface area contributed by atoms with Crippen LogP contribution in [0.25, 0.3) is 0 Å². The predicted molar refractivity (Wildman–Crippen MR) is 89.6 cm³/mol. The van der Waals surface area contributed by atoms with Gasteiger partial charge in [-0.15, -0.1) is 0 Å². The molecule has 0 radical (unpaired) electrons. The van der Waals surface area contributed by atoms with Crippen molar-refractivity contribution < 1.29 is 4.79 Å². The number of para-hydroxylation sites is 1. The van der Waals surface area contributed by atoms with Crippen LogP contribution in [0, 0.1) is 0 Å². The molecule has 0 aliphatic heterocycles. The molecule has 0 aromatic heterocycles. The maximum atomic E-state index is 12.4. The van der Waals surface area contributed by atoms with Gasteiger partial charge in [0.15, 0.2) is 0 Å². The summed E-state index contributed by atoms with van der Waals surface area (Å²) in [6, 6.07) is 10.3. The van der Waals surface area contributed by atoms with E-state index in [9.17, 15) is 4.79 Å². The summed E-state index contributed by atoms with van der Waals surface area (Å²) in [4.78, 5) is 14.3. The zero-order chi connectivity index (χ0) is 15.6. The van der Waals surface area contributed by atoms with Crippen molar-refractivity contribution in [3.8, 4) is 0 Å². The second kappa shape index (κ2) is 6.24. The Labute approximate surface area is 133 Å². The van der Waals surface area contributed by atoms with Gasteiger partial charge in [0.2, 0.25) is 0 Å². The Bertz CT molecular complexity index is 687. The number of hydrogen-bond acceptors (Lipinski definition) is 3. The number of carbonyl (C=O) groups excluding carboxylic acids is 1. The van der Waals surface area contributed by atoms with Gasteiger partial charge in [0.1, 0.15) is 0 Å². The van der Waals surface area contributed by atoms with Crippen molar-refractivity contribution in [1.29, 1.82) is 0 Å². The van der Waals surface area contributed by atoms with Crippen LogP contribution in [-0.2, 0) is 0 Å². The molecule has 0 saturated carbocycles. The smallest absolute Gasteiger partial charge is 0.257 e. The van der Waals surface area contributed by atoms with Crippen molar-refractivity contribution in [2.45, 2.75) is 0 Å². The number of nitrogens with zero attached hydrogens (tertiary/aromatic N) is 1. The van der Waals surface area contributed by atoms with E-state index in [-0.39, 0.29) is 5.91 Å². The normalized spacial score (nSPS) is 10.3. The van der Waals surface area contributed by atoms with Gasteiger partial charge in [-0.05, 0) is 24.3 Å². The van der Waals surface area contributed by atoms with Crippen LogP contribution in [0.1, 0.15) is 10.4 Å². The van der Waals surface area contributed by atoms with Crippen LogP contribution < -0.4 is 16.0 Å². The summed E-state index contributed by atoms with van der Waals surface area (Å²) < 4.78 is 0. The second-order valence-electron chi connectivity index (χ2n) is 4.72. The molecule has 0 bridgehead atoms. The zero-order valence-electron chi connectivity index (χ0n) is 11.7. The maximum absolute atomic E-state index is 12.4. The van der Waals surface area contributed by atoms with E-state index >= 15 is 0 Å². The van der Waals surface area contributed by atoms with Gasteiger partial charge in [0.25, 0.3) is 5.91 Å². The fraction of sp³-hybridized carbons (Fsp3) is 0.133. The Balaban J connectivity index is 2.33. The molecule has 2 aromatic carbocycles.